The Labute approximate surface area is 115 Å². The van der Waals surface area contributed by atoms with Crippen LogP contribution in [0.15, 0.2) is 36.5 Å². The fourth-order valence-electron chi connectivity index (χ4n) is 1.63. The van der Waals surface area contributed by atoms with Crippen LogP contribution in [-0.2, 0) is 6.61 Å². The number of aromatic carboxylic acids is 1. The first-order valence-corrected chi connectivity index (χ1v) is 5.85. The molecule has 0 bridgehead atoms. The molecule has 6 heteroatoms. The van der Waals surface area contributed by atoms with Crippen molar-refractivity contribution in [3.63, 3.8) is 0 Å². The number of aromatic nitrogens is 1. The summed E-state index contributed by atoms with van der Waals surface area (Å²) in [6.45, 7) is 0.240. The molecule has 0 saturated carbocycles. The highest BCUT2D eigenvalue weighted by molar-refractivity contribution is 5.94. The molecule has 20 heavy (non-hydrogen) atoms. The summed E-state index contributed by atoms with van der Waals surface area (Å²) < 4.78 is 10.5. The lowest BCUT2D eigenvalue weighted by atomic mass is 10.2. The van der Waals surface area contributed by atoms with E-state index < -0.39 is 5.97 Å². The van der Waals surface area contributed by atoms with Gasteiger partial charge in [-0.2, -0.15) is 0 Å². The van der Waals surface area contributed by atoms with Gasteiger partial charge in [-0.3, -0.25) is 0 Å². The third-order valence-corrected chi connectivity index (χ3v) is 2.72. The molecular formula is C14H14N2O4. The summed E-state index contributed by atoms with van der Waals surface area (Å²) in [5, 5.41) is 8.96. The van der Waals surface area contributed by atoms with Crippen molar-refractivity contribution in [2.45, 2.75) is 6.61 Å². The van der Waals surface area contributed by atoms with Gasteiger partial charge in [-0.15, -0.1) is 0 Å². The van der Waals surface area contributed by atoms with E-state index in [9.17, 15) is 4.79 Å². The lowest BCUT2D eigenvalue weighted by Gasteiger charge is -2.09. The maximum atomic E-state index is 10.9. The minimum atomic E-state index is -1.11. The number of hydrogen-bond donors (Lipinski definition) is 2. The molecule has 0 radical (unpaired) electrons. The molecule has 0 spiro atoms. The van der Waals surface area contributed by atoms with Crippen molar-refractivity contribution in [1.29, 1.82) is 0 Å². The number of carbonyl (C=O) groups is 1. The SMILES string of the molecule is COc1ccc(COc2nccc(C(=O)O)c2N)cc1. The number of benzene rings is 1. The molecule has 0 aliphatic heterocycles. The molecule has 0 amide bonds. The molecule has 0 saturated heterocycles. The molecule has 2 rings (SSSR count). The Morgan fingerprint density at radius 3 is 2.60 bits per heavy atom. The van der Waals surface area contributed by atoms with E-state index in [1.807, 2.05) is 24.3 Å². The zero-order chi connectivity index (χ0) is 14.5. The average molecular weight is 274 g/mol. The highest BCUT2D eigenvalue weighted by Crippen LogP contribution is 2.23. The molecule has 1 aromatic heterocycles. The molecule has 0 unspecified atom stereocenters. The van der Waals surface area contributed by atoms with Gasteiger partial charge in [0, 0.05) is 6.20 Å². The number of methoxy groups -OCH3 is 1. The standard InChI is InChI=1S/C14H14N2O4/c1-19-10-4-2-9(3-5-10)8-20-13-12(15)11(14(17)18)6-7-16-13/h2-7H,8,15H2,1H3,(H,17,18). The second-order valence-electron chi connectivity index (χ2n) is 4.02. The summed E-state index contributed by atoms with van der Waals surface area (Å²) in [5.74, 6) is -0.251. The lowest BCUT2D eigenvalue weighted by Crippen LogP contribution is -2.07. The van der Waals surface area contributed by atoms with Crippen LogP contribution in [0.4, 0.5) is 5.69 Å². The van der Waals surface area contributed by atoms with Gasteiger partial charge in [0.1, 0.15) is 18.0 Å². The predicted molar refractivity (Wildman–Crippen MR) is 72.9 cm³/mol. The number of ether oxygens (including phenoxy) is 2. The molecule has 0 aliphatic carbocycles. The van der Waals surface area contributed by atoms with Crippen LogP contribution >= 0.6 is 0 Å². The molecule has 104 valence electrons. The van der Waals surface area contributed by atoms with Gasteiger partial charge in [-0.1, -0.05) is 12.1 Å². The largest absolute Gasteiger partial charge is 0.497 e. The van der Waals surface area contributed by atoms with Crippen molar-refractivity contribution in [2.75, 3.05) is 12.8 Å². The topological polar surface area (TPSA) is 94.7 Å². The van der Waals surface area contributed by atoms with Gasteiger partial charge in [0.25, 0.3) is 0 Å². The number of nitrogens with zero attached hydrogens (tertiary/aromatic N) is 1. The number of hydrogen-bond acceptors (Lipinski definition) is 5. The highest BCUT2D eigenvalue weighted by atomic mass is 16.5. The van der Waals surface area contributed by atoms with E-state index in [-0.39, 0.29) is 23.7 Å². The van der Waals surface area contributed by atoms with Crippen molar-refractivity contribution in [1.82, 2.24) is 4.98 Å². The normalized spacial score (nSPS) is 10.1. The second kappa shape index (κ2) is 5.92. The van der Waals surface area contributed by atoms with Crippen molar-refractivity contribution in [2.24, 2.45) is 0 Å². The van der Waals surface area contributed by atoms with Gasteiger partial charge in [-0.25, -0.2) is 9.78 Å². The summed E-state index contributed by atoms with van der Waals surface area (Å²) in [6.07, 6.45) is 1.35. The first-order valence-electron chi connectivity index (χ1n) is 5.85. The van der Waals surface area contributed by atoms with Crippen molar-refractivity contribution in [3.8, 4) is 11.6 Å². The first kappa shape index (κ1) is 13.7. The molecule has 1 aromatic carbocycles. The van der Waals surface area contributed by atoms with Gasteiger partial charge in [-0.05, 0) is 23.8 Å². The Bertz CT molecular complexity index is 611. The van der Waals surface area contributed by atoms with Crippen molar-refractivity contribution in [3.05, 3.63) is 47.7 Å². The van der Waals surface area contributed by atoms with Crippen LogP contribution in [0.25, 0.3) is 0 Å². The Morgan fingerprint density at radius 2 is 2.00 bits per heavy atom. The van der Waals surface area contributed by atoms with E-state index in [2.05, 4.69) is 4.98 Å². The molecule has 0 atom stereocenters. The Kier molecular flexibility index (Phi) is 4.05. The quantitative estimate of drug-likeness (QED) is 0.865. The van der Waals surface area contributed by atoms with Crippen LogP contribution < -0.4 is 15.2 Å². The number of nitrogens with two attached hydrogens (primary N) is 1. The van der Waals surface area contributed by atoms with E-state index in [1.54, 1.807) is 7.11 Å². The molecule has 3 N–H and O–H groups in total. The summed E-state index contributed by atoms with van der Waals surface area (Å²) in [6, 6.07) is 8.64. The number of carboxylic acid groups (broad SMARTS) is 1. The molecule has 0 aliphatic rings. The van der Waals surface area contributed by atoms with Gasteiger partial charge >= 0.3 is 5.97 Å². The fourth-order valence-corrected chi connectivity index (χ4v) is 1.63. The summed E-state index contributed by atoms with van der Waals surface area (Å²) in [5.41, 5.74) is 6.60. The minimum Gasteiger partial charge on any atom is -0.497 e. The number of pyridine rings is 1. The van der Waals surface area contributed by atoms with E-state index in [0.717, 1.165) is 11.3 Å². The number of rotatable bonds is 5. The monoisotopic (exact) mass is 274 g/mol. The van der Waals surface area contributed by atoms with Crippen LogP contribution in [0.5, 0.6) is 11.6 Å². The van der Waals surface area contributed by atoms with Gasteiger partial charge in [0.2, 0.25) is 5.88 Å². The molecule has 2 aromatic rings. The Morgan fingerprint density at radius 1 is 1.30 bits per heavy atom. The molecular weight excluding hydrogens is 260 g/mol. The molecule has 6 nitrogen and oxygen atoms in total. The van der Waals surface area contributed by atoms with Crippen LogP contribution in [0.2, 0.25) is 0 Å². The van der Waals surface area contributed by atoms with E-state index in [1.165, 1.54) is 12.3 Å². The predicted octanol–water partition coefficient (Wildman–Crippen LogP) is 1.95. The summed E-state index contributed by atoms with van der Waals surface area (Å²) in [7, 11) is 1.59. The number of carboxylic acids is 1. The lowest BCUT2D eigenvalue weighted by molar-refractivity contribution is 0.0697. The third-order valence-electron chi connectivity index (χ3n) is 2.72. The highest BCUT2D eigenvalue weighted by Gasteiger charge is 2.13. The van der Waals surface area contributed by atoms with Crippen LogP contribution in [0.1, 0.15) is 15.9 Å². The summed E-state index contributed by atoms with van der Waals surface area (Å²) >= 11 is 0. The fraction of sp³-hybridized carbons (Fsp3) is 0.143. The number of nitrogen functional groups attached to an aromatic ring is 1. The minimum absolute atomic E-state index is 0.0218. The average Bonchev–Trinajstić information content (AvgIpc) is 2.46. The smallest absolute Gasteiger partial charge is 0.338 e. The zero-order valence-electron chi connectivity index (χ0n) is 10.9. The second-order valence-corrected chi connectivity index (χ2v) is 4.02. The summed E-state index contributed by atoms with van der Waals surface area (Å²) in [4.78, 5) is 14.9. The first-order chi connectivity index (χ1) is 9.61. The molecule has 1 heterocycles. The van der Waals surface area contributed by atoms with Crippen LogP contribution in [0, 0.1) is 0 Å². The van der Waals surface area contributed by atoms with E-state index in [0.29, 0.717) is 0 Å². The van der Waals surface area contributed by atoms with Crippen molar-refractivity contribution < 1.29 is 19.4 Å². The zero-order valence-corrected chi connectivity index (χ0v) is 10.9. The van der Waals surface area contributed by atoms with E-state index in [4.69, 9.17) is 20.3 Å². The van der Waals surface area contributed by atoms with Crippen LogP contribution in [-0.4, -0.2) is 23.2 Å². The van der Waals surface area contributed by atoms with Crippen LogP contribution in [0.3, 0.4) is 0 Å². The maximum absolute atomic E-state index is 10.9. The van der Waals surface area contributed by atoms with Gasteiger partial charge < -0.3 is 20.3 Å². The molecule has 0 fully saturated rings. The van der Waals surface area contributed by atoms with E-state index >= 15 is 0 Å². The third kappa shape index (κ3) is 2.97. The maximum Gasteiger partial charge on any atom is 0.338 e. The Balaban J connectivity index is 2.10. The van der Waals surface area contributed by atoms with Gasteiger partial charge in [0.15, 0.2) is 0 Å². The van der Waals surface area contributed by atoms with Gasteiger partial charge in [0.05, 0.1) is 12.7 Å². The van der Waals surface area contributed by atoms with Crippen molar-refractivity contribution >= 4 is 11.7 Å². The number of anilines is 1. The Hall–Kier alpha value is -2.76.